The van der Waals surface area contributed by atoms with Gasteiger partial charge in [-0.3, -0.25) is 9.48 Å². The molecule has 0 fully saturated rings. The van der Waals surface area contributed by atoms with Crippen LogP contribution in [0.4, 0.5) is 18.9 Å². The van der Waals surface area contributed by atoms with Gasteiger partial charge in [-0.25, -0.2) is 0 Å². The van der Waals surface area contributed by atoms with E-state index in [0.717, 1.165) is 12.1 Å². The van der Waals surface area contributed by atoms with Crippen LogP contribution in [-0.4, -0.2) is 30.3 Å². The van der Waals surface area contributed by atoms with Crippen molar-refractivity contribution in [3.8, 4) is 11.5 Å². The number of carbonyl (C=O) groups excluding carboxylic acids is 1. The van der Waals surface area contributed by atoms with Gasteiger partial charge >= 0.3 is 6.18 Å². The zero-order valence-corrected chi connectivity index (χ0v) is 18.1. The molecule has 9 heteroatoms. The lowest BCUT2D eigenvalue weighted by Gasteiger charge is -2.32. The Hall–Kier alpha value is -2.18. The second kappa shape index (κ2) is 7.68. The number of amides is 1. The SMILES string of the molecule is C[C@H]1CN(c2ccc(C(F)(F)F)cc2)C(=O)c2c(C#C[Si](C)(C)C)cnn21.S. The van der Waals surface area contributed by atoms with Crippen LogP contribution in [0.5, 0.6) is 0 Å². The van der Waals surface area contributed by atoms with Crippen molar-refractivity contribution in [1.82, 2.24) is 9.78 Å². The molecular formula is C19H22F3N3OSSi. The molecule has 2 heterocycles. The van der Waals surface area contributed by atoms with Gasteiger partial charge in [-0.1, -0.05) is 25.6 Å². The molecule has 0 aliphatic carbocycles. The van der Waals surface area contributed by atoms with E-state index in [4.69, 9.17) is 0 Å². The van der Waals surface area contributed by atoms with Crippen LogP contribution in [-0.2, 0) is 6.18 Å². The molecule has 0 bridgehead atoms. The topological polar surface area (TPSA) is 38.1 Å². The summed E-state index contributed by atoms with van der Waals surface area (Å²) in [6.07, 6.45) is -2.82. The summed E-state index contributed by atoms with van der Waals surface area (Å²) in [5.74, 6) is 2.78. The van der Waals surface area contributed by atoms with Gasteiger partial charge in [0.25, 0.3) is 5.91 Å². The van der Waals surface area contributed by atoms with E-state index >= 15 is 0 Å². The van der Waals surface area contributed by atoms with E-state index < -0.39 is 19.8 Å². The molecule has 0 spiro atoms. The van der Waals surface area contributed by atoms with Crippen LogP contribution in [0, 0.1) is 11.5 Å². The number of nitrogens with zero attached hydrogens (tertiary/aromatic N) is 3. The fourth-order valence-electron chi connectivity index (χ4n) is 2.86. The lowest BCUT2D eigenvalue weighted by Crippen LogP contribution is -2.43. The number of aromatic nitrogens is 2. The maximum Gasteiger partial charge on any atom is 0.416 e. The van der Waals surface area contributed by atoms with E-state index in [-0.39, 0.29) is 25.4 Å². The number of fused-ring (bicyclic) bond motifs is 1. The van der Waals surface area contributed by atoms with Crippen molar-refractivity contribution in [1.29, 1.82) is 0 Å². The zero-order chi connectivity index (χ0) is 20.0. The third-order valence-corrected chi connectivity index (χ3v) is 5.06. The Bertz CT molecular complexity index is 937. The van der Waals surface area contributed by atoms with Crippen LogP contribution in [0.2, 0.25) is 19.6 Å². The molecule has 3 rings (SSSR count). The largest absolute Gasteiger partial charge is 0.416 e. The van der Waals surface area contributed by atoms with Gasteiger partial charge in [0.2, 0.25) is 0 Å². The maximum atomic E-state index is 13.0. The number of carbonyl (C=O) groups is 1. The van der Waals surface area contributed by atoms with E-state index in [0.29, 0.717) is 23.5 Å². The summed E-state index contributed by atoms with van der Waals surface area (Å²) in [6, 6.07) is 4.53. The van der Waals surface area contributed by atoms with Gasteiger partial charge in [0.1, 0.15) is 13.8 Å². The summed E-state index contributed by atoms with van der Waals surface area (Å²) in [6.45, 7) is 8.56. The Labute approximate surface area is 170 Å². The average molecular weight is 426 g/mol. The van der Waals surface area contributed by atoms with Gasteiger partial charge in [-0.15, -0.1) is 5.54 Å². The van der Waals surface area contributed by atoms with Gasteiger partial charge in [-0.2, -0.15) is 31.8 Å². The number of rotatable bonds is 1. The molecule has 1 amide bonds. The number of hydrogen-bond donors (Lipinski definition) is 0. The summed E-state index contributed by atoms with van der Waals surface area (Å²) in [4.78, 5) is 14.5. The maximum absolute atomic E-state index is 13.0. The van der Waals surface area contributed by atoms with Crippen molar-refractivity contribution < 1.29 is 18.0 Å². The Morgan fingerprint density at radius 2 is 1.79 bits per heavy atom. The van der Waals surface area contributed by atoms with Crippen molar-refractivity contribution in [2.75, 3.05) is 11.4 Å². The standard InChI is InChI=1S/C19H20F3N3OSi.H2S/c1-13-12-24(16-7-5-15(6-8-16)19(20,21)22)18(26)17-14(11-23-25(13)17)9-10-27(2,3)4;/h5-8,11,13H,12H2,1-4H3;1H2/t13-;/m0./s1. The summed E-state index contributed by atoms with van der Waals surface area (Å²) in [5.41, 5.74) is 3.86. The van der Waals surface area contributed by atoms with Crippen LogP contribution in [0.1, 0.15) is 34.6 Å². The van der Waals surface area contributed by atoms with E-state index in [2.05, 4.69) is 36.2 Å². The molecule has 1 atom stereocenters. The number of benzene rings is 1. The van der Waals surface area contributed by atoms with Crippen LogP contribution in [0.25, 0.3) is 0 Å². The molecule has 0 saturated carbocycles. The minimum Gasteiger partial charge on any atom is -0.305 e. The highest BCUT2D eigenvalue weighted by Crippen LogP contribution is 2.32. The smallest absolute Gasteiger partial charge is 0.305 e. The minimum absolute atomic E-state index is 0. The normalized spacial score (nSPS) is 16.8. The molecule has 2 aromatic rings. The van der Waals surface area contributed by atoms with Crippen molar-refractivity contribution in [2.24, 2.45) is 0 Å². The summed E-state index contributed by atoms with van der Waals surface area (Å²) in [5, 5.41) is 4.30. The van der Waals surface area contributed by atoms with Crippen LogP contribution in [0.15, 0.2) is 30.5 Å². The molecule has 1 aliphatic rings. The number of halogens is 3. The van der Waals surface area contributed by atoms with Gasteiger partial charge in [-0.05, 0) is 31.2 Å². The molecule has 0 saturated heterocycles. The van der Waals surface area contributed by atoms with E-state index in [1.807, 2.05) is 6.92 Å². The molecule has 150 valence electrons. The first-order valence-electron chi connectivity index (χ1n) is 8.57. The molecule has 0 radical (unpaired) electrons. The van der Waals surface area contributed by atoms with Crippen molar-refractivity contribution in [2.45, 2.75) is 38.8 Å². The van der Waals surface area contributed by atoms with Gasteiger partial charge in [0.05, 0.1) is 23.4 Å². The van der Waals surface area contributed by atoms with Gasteiger partial charge in [0.15, 0.2) is 0 Å². The predicted molar refractivity (Wildman–Crippen MR) is 111 cm³/mol. The van der Waals surface area contributed by atoms with Gasteiger partial charge in [0, 0.05) is 12.2 Å². The Balaban J connectivity index is 0.00000280. The monoisotopic (exact) mass is 425 g/mol. The third kappa shape index (κ3) is 4.44. The van der Waals surface area contributed by atoms with E-state index in [9.17, 15) is 18.0 Å². The van der Waals surface area contributed by atoms with E-state index in [1.54, 1.807) is 10.9 Å². The number of alkyl halides is 3. The van der Waals surface area contributed by atoms with Gasteiger partial charge < -0.3 is 4.90 Å². The van der Waals surface area contributed by atoms with Crippen LogP contribution < -0.4 is 4.90 Å². The average Bonchev–Trinajstić information content (AvgIpc) is 3.00. The predicted octanol–water partition coefficient (Wildman–Crippen LogP) is 4.47. The highest BCUT2D eigenvalue weighted by molar-refractivity contribution is 7.59. The van der Waals surface area contributed by atoms with E-state index in [1.165, 1.54) is 17.0 Å². The molecule has 0 N–H and O–H groups in total. The second-order valence-electron chi connectivity index (χ2n) is 7.66. The molecule has 1 aromatic heterocycles. The Morgan fingerprint density at radius 3 is 2.32 bits per heavy atom. The first kappa shape index (κ1) is 22.1. The van der Waals surface area contributed by atoms with Crippen molar-refractivity contribution in [3.05, 3.63) is 47.3 Å². The Kier molecular flexibility index (Phi) is 6.06. The summed E-state index contributed by atoms with van der Waals surface area (Å²) in [7, 11) is -1.63. The Morgan fingerprint density at radius 1 is 1.18 bits per heavy atom. The molecule has 0 unspecified atom stereocenters. The van der Waals surface area contributed by atoms with Crippen LogP contribution in [0.3, 0.4) is 0 Å². The first-order valence-corrected chi connectivity index (χ1v) is 12.1. The van der Waals surface area contributed by atoms with Crippen LogP contribution >= 0.6 is 13.5 Å². The third-order valence-electron chi connectivity index (χ3n) is 4.19. The zero-order valence-electron chi connectivity index (χ0n) is 16.1. The number of anilines is 1. The van der Waals surface area contributed by atoms with Crippen molar-refractivity contribution >= 4 is 33.2 Å². The van der Waals surface area contributed by atoms with Crippen molar-refractivity contribution in [3.63, 3.8) is 0 Å². The molecule has 28 heavy (non-hydrogen) atoms. The molecule has 1 aromatic carbocycles. The second-order valence-corrected chi connectivity index (χ2v) is 12.4. The minimum atomic E-state index is -4.41. The number of hydrogen-bond acceptors (Lipinski definition) is 2. The molecular weight excluding hydrogens is 403 g/mol. The summed E-state index contributed by atoms with van der Waals surface area (Å²) < 4.78 is 40.0. The lowest BCUT2D eigenvalue weighted by atomic mass is 10.1. The fourth-order valence-corrected chi connectivity index (χ4v) is 3.37. The molecule has 1 aliphatic heterocycles. The summed E-state index contributed by atoms with van der Waals surface area (Å²) >= 11 is 0. The fraction of sp³-hybridized carbons (Fsp3) is 0.368. The first-order chi connectivity index (χ1) is 12.5. The highest BCUT2D eigenvalue weighted by Gasteiger charge is 2.34. The quantitative estimate of drug-likeness (QED) is 0.500. The highest BCUT2D eigenvalue weighted by atomic mass is 32.1. The molecule has 4 nitrogen and oxygen atoms in total. The lowest BCUT2D eigenvalue weighted by molar-refractivity contribution is -0.137.